The first-order valence-electron chi connectivity index (χ1n) is 7.06. The van der Waals surface area contributed by atoms with Crippen molar-refractivity contribution in [2.45, 2.75) is 32.5 Å². The summed E-state index contributed by atoms with van der Waals surface area (Å²) in [5.41, 5.74) is 2.55. The van der Waals surface area contributed by atoms with Gasteiger partial charge in [0.25, 0.3) is 0 Å². The van der Waals surface area contributed by atoms with Gasteiger partial charge in [-0.25, -0.2) is 0 Å². The van der Waals surface area contributed by atoms with E-state index >= 15 is 0 Å². The van der Waals surface area contributed by atoms with Crippen LogP contribution in [0.5, 0.6) is 5.75 Å². The van der Waals surface area contributed by atoms with E-state index in [4.69, 9.17) is 9.47 Å². The Hall–Kier alpha value is -1.80. The molecule has 0 saturated carbocycles. The van der Waals surface area contributed by atoms with Crippen LogP contribution in [0.4, 0.5) is 0 Å². The zero-order valence-electron chi connectivity index (χ0n) is 12.2. The molecule has 1 unspecified atom stereocenters. The summed E-state index contributed by atoms with van der Waals surface area (Å²) in [4.78, 5) is 0. The average molecular weight is 270 g/mol. The Bertz CT molecular complexity index is 491. The molecule has 0 heterocycles. The first-order chi connectivity index (χ1) is 9.78. The number of ether oxygens (including phenoxy) is 2. The fourth-order valence-electron chi connectivity index (χ4n) is 2.06. The van der Waals surface area contributed by atoms with Crippen LogP contribution >= 0.6 is 0 Å². The van der Waals surface area contributed by atoms with Crippen LogP contribution in [0.2, 0.25) is 0 Å². The molecule has 0 aliphatic carbocycles. The highest BCUT2D eigenvalue weighted by molar-refractivity contribution is 5.26. The van der Waals surface area contributed by atoms with E-state index in [2.05, 4.69) is 31.2 Å². The Morgan fingerprint density at radius 1 is 0.900 bits per heavy atom. The Balaban J connectivity index is 1.73. The van der Waals surface area contributed by atoms with Crippen molar-refractivity contribution in [1.82, 2.24) is 0 Å². The minimum Gasteiger partial charge on any atom is -0.497 e. The topological polar surface area (TPSA) is 18.5 Å². The van der Waals surface area contributed by atoms with E-state index in [-0.39, 0.29) is 6.10 Å². The summed E-state index contributed by atoms with van der Waals surface area (Å²) in [6.07, 6.45) is 2.36. The first-order valence-corrected chi connectivity index (χ1v) is 7.06. The van der Waals surface area contributed by atoms with Gasteiger partial charge in [-0.15, -0.1) is 0 Å². The Labute approximate surface area is 121 Å². The van der Waals surface area contributed by atoms with Crippen molar-refractivity contribution >= 4 is 0 Å². The van der Waals surface area contributed by atoms with Crippen LogP contribution < -0.4 is 4.74 Å². The third-order valence-corrected chi connectivity index (χ3v) is 3.38. The minimum absolute atomic E-state index is 0.261. The van der Waals surface area contributed by atoms with Crippen molar-refractivity contribution in [3.05, 3.63) is 65.7 Å². The molecule has 2 aromatic carbocycles. The zero-order valence-corrected chi connectivity index (χ0v) is 12.2. The highest BCUT2D eigenvalue weighted by Gasteiger charge is 2.04. The molecule has 106 valence electrons. The second-order valence-corrected chi connectivity index (χ2v) is 4.99. The maximum absolute atomic E-state index is 5.88. The van der Waals surface area contributed by atoms with Crippen LogP contribution in [-0.4, -0.2) is 13.2 Å². The summed E-state index contributed by atoms with van der Waals surface area (Å²) in [6.45, 7) is 2.78. The molecule has 20 heavy (non-hydrogen) atoms. The van der Waals surface area contributed by atoms with Gasteiger partial charge in [-0.1, -0.05) is 42.5 Å². The van der Waals surface area contributed by atoms with Crippen molar-refractivity contribution in [3.8, 4) is 5.75 Å². The third kappa shape index (κ3) is 4.71. The summed E-state index contributed by atoms with van der Waals surface area (Å²) >= 11 is 0. The molecule has 2 aromatic rings. The van der Waals surface area contributed by atoms with Crippen LogP contribution in [0.3, 0.4) is 0 Å². The van der Waals surface area contributed by atoms with Crippen LogP contribution in [0.25, 0.3) is 0 Å². The number of hydrogen-bond acceptors (Lipinski definition) is 2. The quantitative estimate of drug-likeness (QED) is 0.749. The van der Waals surface area contributed by atoms with Crippen molar-refractivity contribution < 1.29 is 9.47 Å². The molecular formula is C18H22O2. The van der Waals surface area contributed by atoms with Gasteiger partial charge in [-0.3, -0.25) is 0 Å². The van der Waals surface area contributed by atoms with Gasteiger partial charge in [-0.05, 0) is 43.0 Å². The Kier molecular flexibility index (Phi) is 5.63. The molecule has 0 aromatic heterocycles. The lowest BCUT2D eigenvalue weighted by Crippen LogP contribution is -2.09. The molecule has 2 rings (SSSR count). The summed E-state index contributed by atoms with van der Waals surface area (Å²) in [5, 5.41) is 0. The zero-order chi connectivity index (χ0) is 14.2. The van der Waals surface area contributed by atoms with Crippen LogP contribution in [0.1, 0.15) is 24.5 Å². The van der Waals surface area contributed by atoms with Gasteiger partial charge < -0.3 is 9.47 Å². The predicted octanol–water partition coefficient (Wildman–Crippen LogP) is 4.23. The van der Waals surface area contributed by atoms with Crippen LogP contribution in [-0.2, 0) is 17.8 Å². The summed E-state index contributed by atoms with van der Waals surface area (Å²) < 4.78 is 11.0. The Morgan fingerprint density at radius 3 is 2.25 bits per heavy atom. The summed E-state index contributed by atoms with van der Waals surface area (Å²) in [6, 6.07) is 18.6. The van der Waals surface area contributed by atoms with Crippen LogP contribution in [0, 0.1) is 0 Å². The largest absolute Gasteiger partial charge is 0.497 e. The first kappa shape index (κ1) is 14.6. The fourth-order valence-corrected chi connectivity index (χ4v) is 2.06. The van der Waals surface area contributed by atoms with Crippen molar-refractivity contribution in [2.75, 3.05) is 7.11 Å². The molecule has 0 bridgehead atoms. The van der Waals surface area contributed by atoms with Crippen molar-refractivity contribution in [3.63, 3.8) is 0 Å². The molecule has 0 spiro atoms. The van der Waals surface area contributed by atoms with Gasteiger partial charge in [-0.2, -0.15) is 0 Å². The second kappa shape index (κ2) is 7.71. The van der Waals surface area contributed by atoms with Gasteiger partial charge in [0.15, 0.2) is 0 Å². The van der Waals surface area contributed by atoms with E-state index in [0.717, 1.165) is 18.6 Å². The fraction of sp³-hybridized carbons (Fsp3) is 0.333. The number of benzene rings is 2. The number of methoxy groups -OCH3 is 1. The second-order valence-electron chi connectivity index (χ2n) is 4.99. The van der Waals surface area contributed by atoms with E-state index in [9.17, 15) is 0 Å². The number of hydrogen-bond donors (Lipinski definition) is 0. The van der Waals surface area contributed by atoms with E-state index < -0.39 is 0 Å². The smallest absolute Gasteiger partial charge is 0.118 e. The van der Waals surface area contributed by atoms with Crippen molar-refractivity contribution in [2.24, 2.45) is 0 Å². The number of rotatable bonds is 7. The lowest BCUT2D eigenvalue weighted by atomic mass is 10.1. The summed E-state index contributed by atoms with van der Waals surface area (Å²) in [7, 11) is 1.68. The lowest BCUT2D eigenvalue weighted by molar-refractivity contribution is 0.0478. The SMILES string of the molecule is COc1ccc(COC(C)CCc2ccccc2)cc1. The van der Waals surface area contributed by atoms with E-state index in [1.54, 1.807) is 7.11 Å². The molecule has 2 nitrogen and oxygen atoms in total. The third-order valence-electron chi connectivity index (χ3n) is 3.38. The maximum atomic E-state index is 5.88. The molecule has 1 atom stereocenters. The molecule has 0 saturated heterocycles. The van der Waals surface area contributed by atoms with Gasteiger partial charge >= 0.3 is 0 Å². The molecular weight excluding hydrogens is 248 g/mol. The predicted molar refractivity (Wildman–Crippen MR) is 82.0 cm³/mol. The highest BCUT2D eigenvalue weighted by Crippen LogP contribution is 2.14. The normalized spacial score (nSPS) is 12.1. The molecule has 2 heteroatoms. The maximum Gasteiger partial charge on any atom is 0.118 e. The minimum atomic E-state index is 0.261. The molecule has 0 aliphatic heterocycles. The van der Waals surface area contributed by atoms with Gasteiger partial charge in [0.05, 0.1) is 19.8 Å². The van der Waals surface area contributed by atoms with E-state index in [0.29, 0.717) is 6.61 Å². The monoisotopic (exact) mass is 270 g/mol. The molecule has 0 amide bonds. The molecule has 0 fully saturated rings. The Morgan fingerprint density at radius 2 is 1.60 bits per heavy atom. The van der Waals surface area contributed by atoms with Gasteiger partial charge in [0, 0.05) is 0 Å². The molecule has 0 aliphatic rings. The van der Waals surface area contributed by atoms with Gasteiger partial charge in [0.2, 0.25) is 0 Å². The van der Waals surface area contributed by atoms with Crippen LogP contribution in [0.15, 0.2) is 54.6 Å². The summed E-state index contributed by atoms with van der Waals surface area (Å²) in [5.74, 6) is 0.880. The van der Waals surface area contributed by atoms with Crippen molar-refractivity contribution in [1.29, 1.82) is 0 Å². The van der Waals surface area contributed by atoms with E-state index in [1.165, 1.54) is 11.1 Å². The number of aryl methyl sites for hydroxylation is 1. The lowest BCUT2D eigenvalue weighted by Gasteiger charge is -2.13. The highest BCUT2D eigenvalue weighted by atomic mass is 16.5. The average Bonchev–Trinajstić information content (AvgIpc) is 2.52. The molecule has 0 N–H and O–H groups in total. The van der Waals surface area contributed by atoms with E-state index in [1.807, 2.05) is 30.3 Å². The standard InChI is InChI=1S/C18H22O2/c1-15(8-9-16-6-4-3-5-7-16)20-14-17-10-12-18(19-2)13-11-17/h3-7,10-13,15H,8-9,14H2,1-2H3. The van der Waals surface area contributed by atoms with Gasteiger partial charge in [0.1, 0.15) is 5.75 Å². The molecule has 0 radical (unpaired) electrons.